The van der Waals surface area contributed by atoms with Crippen LogP contribution in [0, 0.1) is 0 Å². The fourth-order valence-electron chi connectivity index (χ4n) is 1.85. The fraction of sp³-hybridized carbons (Fsp3) is 0.286. The maximum Gasteiger partial charge on any atom is 0.263 e. The second-order valence-corrected chi connectivity index (χ2v) is 4.72. The van der Waals surface area contributed by atoms with Crippen molar-refractivity contribution in [1.82, 2.24) is 20.2 Å². The van der Waals surface area contributed by atoms with E-state index in [1.165, 1.54) is 17.3 Å². The lowest BCUT2D eigenvalue weighted by molar-refractivity contribution is -0.128. The molecule has 3 N–H and O–H groups in total. The molecule has 2 amide bonds. The van der Waals surface area contributed by atoms with Crippen LogP contribution in [0.1, 0.15) is 18.4 Å². The molecule has 22 heavy (non-hydrogen) atoms. The number of rotatable bonds is 6. The first-order valence-corrected chi connectivity index (χ1v) is 6.73. The van der Waals surface area contributed by atoms with E-state index in [0.29, 0.717) is 0 Å². The minimum Gasteiger partial charge on any atom is -0.394 e. The van der Waals surface area contributed by atoms with Crippen molar-refractivity contribution >= 4 is 11.8 Å². The summed E-state index contributed by atoms with van der Waals surface area (Å²) in [6.45, 7) is 1.22. The minimum absolute atomic E-state index is 0.343. The number of nitrogens with zero attached hydrogens (tertiary/aromatic N) is 3. The third-order valence-corrected chi connectivity index (χ3v) is 3.17. The number of aliphatic hydroxyl groups excluding tert-OH is 1. The standard InChI is InChI=1S/C14H17N5O3/c1-10(11-5-3-2-4-6-11)13(21)17-12(7-20)14(22)18-19-8-15-16-9-19/h2-6,8-10,12,20H,7H2,1H3,(H,17,21)(H,18,22)/t10?,12-/m0/s1. The van der Waals surface area contributed by atoms with Crippen LogP contribution < -0.4 is 10.7 Å². The van der Waals surface area contributed by atoms with E-state index in [4.69, 9.17) is 0 Å². The Morgan fingerprint density at radius 2 is 1.82 bits per heavy atom. The van der Waals surface area contributed by atoms with Crippen LogP contribution in [0.2, 0.25) is 0 Å². The number of nitrogens with one attached hydrogen (secondary N) is 2. The summed E-state index contributed by atoms with van der Waals surface area (Å²) >= 11 is 0. The second-order valence-electron chi connectivity index (χ2n) is 4.72. The molecule has 0 aliphatic rings. The second kappa shape index (κ2) is 7.32. The molecule has 1 heterocycles. The lowest BCUT2D eigenvalue weighted by Crippen LogP contribution is -2.48. The summed E-state index contributed by atoms with van der Waals surface area (Å²) in [5.41, 5.74) is 3.26. The van der Waals surface area contributed by atoms with Crippen molar-refractivity contribution in [2.24, 2.45) is 0 Å². The molecule has 8 nitrogen and oxygen atoms in total. The first-order valence-electron chi connectivity index (χ1n) is 6.73. The molecule has 8 heteroatoms. The summed E-state index contributed by atoms with van der Waals surface area (Å²) in [7, 11) is 0. The normalized spacial score (nSPS) is 13.2. The number of carbonyl (C=O) groups is 2. The Labute approximate surface area is 127 Å². The van der Waals surface area contributed by atoms with Crippen molar-refractivity contribution in [3.63, 3.8) is 0 Å². The number of hydrogen-bond acceptors (Lipinski definition) is 5. The summed E-state index contributed by atoms with van der Waals surface area (Å²) < 4.78 is 1.23. The fourth-order valence-corrected chi connectivity index (χ4v) is 1.85. The predicted molar refractivity (Wildman–Crippen MR) is 78.3 cm³/mol. The Kier molecular flexibility index (Phi) is 5.21. The minimum atomic E-state index is -1.05. The van der Waals surface area contributed by atoms with Gasteiger partial charge in [0.15, 0.2) is 0 Å². The molecule has 0 radical (unpaired) electrons. The predicted octanol–water partition coefficient (Wildman–Crippen LogP) is -0.371. The molecule has 1 unspecified atom stereocenters. The molecule has 0 aliphatic carbocycles. The van der Waals surface area contributed by atoms with Crippen molar-refractivity contribution in [3.8, 4) is 0 Å². The molecule has 2 aromatic rings. The topological polar surface area (TPSA) is 109 Å². The molecular formula is C14H17N5O3. The van der Waals surface area contributed by atoms with E-state index in [0.717, 1.165) is 5.56 Å². The molecule has 0 saturated heterocycles. The van der Waals surface area contributed by atoms with Crippen LogP contribution in [0.15, 0.2) is 43.0 Å². The van der Waals surface area contributed by atoms with Gasteiger partial charge in [0, 0.05) is 0 Å². The first kappa shape index (κ1) is 15.6. The average Bonchev–Trinajstić information content (AvgIpc) is 3.05. The van der Waals surface area contributed by atoms with Gasteiger partial charge >= 0.3 is 0 Å². The van der Waals surface area contributed by atoms with E-state index in [-0.39, 0.29) is 5.91 Å². The van der Waals surface area contributed by atoms with Gasteiger partial charge in [-0.1, -0.05) is 30.3 Å². The van der Waals surface area contributed by atoms with E-state index < -0.39 is 24.5 Å². The summed E-state index contributed by atoms with van der Waals surface area (Å²) in [6.07, 6.45) is 2.58. The lowest BCUT2D eigenvalue weighted by Gasteiger charge is -2.19. The SMILES string of the molecule is CC(C(=O)N[C@@H](CO)C(=O)Nn1cnnc1)c1ccccc1. The van der Waals surface area contributed by atoms with Crippen LogP contribution in [0.25, 0.3) is 0 Å². The van der Waals surface area contributed by atoms with E-state index in [1.807, 2.05) is 30.3 Å². The van der Waals surface area contributed by atoms with Crippen LogP contribution >= 0.6 is 0 Å². The molecule has 1 aromatic heterocycles. The smallest absolute Gasteiger partial charge is 0.263 e. The number of aromatic nitrogens is 3. The maximum atomic E-state index is 12.2. The van der Waals surface area contributed by atoms with Crippen molar-refractivity contribution < 1.29 is 14.7 Å². The van der Waals surface area contributed by atoms with Gasteiger partial charge in [0.25, 0.3) is 5.91 Å². The van der Waals surface area contributed by atoms with Gasteiger partial charge < -0.3 is 10.4 Å². The van der Waals surface area contributed by atoms with Gasteiger partial charge in [-0.2, -0.15) is 0 Å². The third kappa shape index (κ3) is 3.89. The van der Waals surface area contributed by atoms with Crippen molar-refractivity contribution in [2.75, 3.05) is 12.0 Å². The van der Waals surface area contributed by atoms with Gasteiger partial charge in [0.05, 0.1) is 12.5 Å². The highest BCUT2D eigenvalue weighted by Crippen LogP contribution is 2.14. The van der Waals surface area contributed by atoms with E-state index in [1.54, 1.807) is 6.92 Å². The van der Waals surface area contributed by atoms with Crippen molar-refractivity contribution in [2.45, 2.75) is 18.9 Å². The summed E-state index contributed by atoms with van der Waals surface area (Å²) in [4.78, 5) is 24.2. The molecule has 2 atom stereocenters. The third-order valence-electron chi connectivity index (χ3n) is 3.17. The molecule has 0 bridgehead atoms. The Bertz CT molecular complexity index is 615. The molecule has 0 spiro atoms. The number of aliphatic hydroxyl groups is 1. The highest BCUT2D eigenvalue weighted by Gasteiger charge is 2.23. The largest absolute Gasteiger partial charge is 0.394 e. The first-order chi connectivity index (χ1) is 10.6. The van der Waals surface area contributed by atoms with E-state index in [9.17, 15) is 14.7 Å². The summed E-state index contributed by atoms with van der Waals surface area (Å²) in [5, 5.41) is 18.9. The maximum absolute atomic E-state index is 12.2. The zero-order valence-electron chi connectivity index (χ0n) is 12.0. The Morgan fingerprint density at radius 3 is 2.41 bits per heavy atom. The Balaban J connectivity index is 1.97. The van der Waals surface area contributed by atoms with E-state index >= 15 is 0 Å². The summed E-state index contributed by atoms with van der Waals surface area (Å²) in [6, 6.07) is 8.13. The van der Waals surface area contributed by atoms with Crippen LogP contribution in [0.3, 0.4) is 0 Å². The van der Waals surface area contributed by atoms with Gasteiger partial charge in [0.1, 0.15) is 18.7 Å². The van der Waals surface area contributed by atoms with Gasteiger partial charge in [-0.25, -0.2) is 4.68 Å². The van der Waals surface area contributed by atoms with Crippen LogP contribution in [-0.2, 0) is 9.59 Å². The van der Waals surface area contributed by atoms with Crippen molar-refractivity contribution in [3.05, 3.63) is 48.5 Å². The quantitative estimate of drug-likeness (QED) is 0.674. The monoisotopic (exact) mass is 303 g/mol. The van der Waals surface area contributed by atoms with E-state index in [2.05, 4.69) is 20.9 Å². The molecule has 116 valence electrons. The number of benzene rings is 1. The molecule has 0 fully saturated rings. The number of hydrogen-bond donors (Lipinski definition) is 3. The number of amides is 2. The molecule has 0 aliphatic heterocycles. The lowest BCUT2D eigenvalue weighted by atomic mass is 10.00. The molecule has 2 rings (SSSR count). The average molecular weight is 303 g/mol. The molecular weight excluding hydrogens is 286 g/mol. The Hall–Kier alpha value is -2.74. The summed E-state index contributed by atoms with van der Waals surface area (Å²) in [5.74, 6) is -1.34. The van der Waals surface area contributed by atoms with Gasteiger partial charge in [0.2, 0.25) is 5.91 Å². The molecule has 1 aromatic carbocycles. The zero-order valence-corrected chi connectivity index (χ0v) is 12.0. The van der Waals surface area contributed by atoms with Crippen LogP contribution in [0.4, 0.5) is 0 Å². The van der Waals surface area contributed by atoms with Crippen LogP contribution in [0.5, 0.6) is 0 Å². The highest BCUT2D eigenvalue weighted by molar-refractivity contribution is 5.94. The van der Waals surface area contributed by atoms with Crippen molar-refractivity contribution in [1.29, 1.82) is 0 Å². The number of carbonyl (C=O) groups excluding carboxylic acids is 2. The molecule has 0 saturated carbocycles. The zero-order chi connectivity index (χ0) is 15.9. The van der Waals surface area contributed by atoms with Gasteiger partial charge in [-0.15, -0.1) is 10.2 Å². The van der Waals surface area contributed by atoms with Gasteiger partial charge in [-0.05, 0) is 12.5 Å². The Morgan fingerprint density at radius 1 is 1.18 bits per heavy atom. The van der Waals surface area contributed by atoms with Gasteiger partial charge in [-0.3, -0.25) is 15.0 Å². The van der Waals surface area contributed by atoms with Crippen LogP contribution in [-0.4, -0.2) is 44.4 Å². The highest BCUT2D eigenvalue weighted by atomic mass is 16.3.